The Morgan fingerprint density at radius 2 is 1.37 bits per heavy atom. The number of fused-ring (bicyclic) bond motifs is 1. The molecule has 0 aromatic heterocycles. The Kier molecular flexibility index (Phi) is 5.44. The molecule has 2 saturated carbocycles. The van der Waals surface area contributed by atoms with Gasteiger partial charge in [-0.25, -0.2) is 4.39 Å². The van der Waals surface area contributed by atoms with Crippen LogP contribution in [0.2, 0.25) is 0 Å². The van der Waals surface area contributed by atoms with Crippen molar-refractivity contribution in [1.82, 2.24) is 0 Å². The van der Waals surface area contributed by atoms with Gasteiger partial charge in [0.15, 0.2) is 0 Å². The number of rotatable bonds is 2. The van der Waals surface area contributed by atoms with Crippen LogP contribution in [0.5, 0.6) is 0 Å². The summed E-state index contributed by atoms with van der Waals surface area (Å²) < 4.78 is 13.0. The molecule has 0 aliphatic heterocycles. The fourth-order valence-electron chi connectivity index (χ4n) is 4.96. The SMILES string of the molecule is C=CC1CCC2CC(c3ccc(C#Cc4ccc(F)cc4)cc3)CCC2C1. The fraction of sp³-hybridized carbons (Fsp3) is 0.385. The lowest BCUT2D eigenvalue weighted by molar-refractivity contribution is 0.133. The summed E-state index contributed by atoms with van der Waals surface area (Å²) in [5, 5.41) is 0. The Balaban J connectivity index is 1.40. The van der Waals surface area contributed by atoms with Crippen LogP contribution in [-0.2, 0) is 0 Å². The molecule has 4 rings (SSSR count). The van der Waals surface area contributed by atoms with E-state index >= 15 is 0 Å². The van der Waals surface area contributed by atoms with Gasteiger partial charge in [0.05, 0.1) is 0 Å². The Morgan fingerprint density at radius 1 is 0.778 bits per heavy atom. The van der Waals surface area contributed by atoms with Crippen molar-refractivity contribution in [2.75, 3.05) is 0 Å². The molecule has 0 amide bonds. The van der Waals surface area contributed by atoms with Gasteiger partial charge in [-0.1, -0.05) is 30.0 Å². The van der Waals surface area contributed by atoms with Crippen LogP contribution in [-0.4, -0.2) is 0 Å². The van der Waals surface area contributed by atoms with Gasteiger partial charge in [0.1, 0.15) is 5.82 Å². The van der Waals surface area contributed by atoms with Gasteiger partial charge in [0.2, 0.25) is 0 Å². The minimum absolute atomic E-state index is 0.224. The molecule has 0 radical (unpaired) electrons. The second-order valence-electron chi connectivity index (χ2n) is 8.22. The number of hydrogen-bond acceptors (Lipinski definition) is 0. The van der Waals surface area contributed by atoms with Crippen LogP contribution in [0, 0.1) is 35.4 Å². The van der Waals surface area contributed by atoms with Crippen molar-refractivity contribution in [1.29, 1.82) is 0 Å². The summed E-state index contributed by atoms with van der Waals surface area (Å²) in [5.41, 5.74) is 3.32. The maximum atomic E-state index is 13.0. The Morgan fingerprint density at radius 3 is 2.04 bits per heavy atom. The molecular weight excluding hydrogens is 331 g/mol. The van der Waals surface area contributed by atoms with Crippen molar-refractivity contribution in [2.45, 2.75) is 44.4 Å². The van der Waals surface area contributed by atoms with Gasteiger partial charge < -0.3 is 0 Å². The fourth-order valence-corrected chi connectivity index (χ4v) is 4.96. The molecule has 27 heavy (non-hydrogen) atoms. The van der Waals surface area contributed by atoms with Crippen LogP contribution < -0.4 is 0 Å². The van der Waals surface area contributed by atoms with Gasteiger partial charge in [-0.15, -0.1) is 6.58 Å². The summed E-state index contributed by atoms with van der Waals surface area (Å²) in [5.74, 6) is 9.34. The smallest absolute Gasteiger partial charge is 0.123 e. The van der Waals surface area contributed by atoms with E-state index in [0.717, 1.165) is 28.9 Å². The van der Waals surface area contributed by atoms with E-state index in [9.17, 15) is 4.39 Å². The van der Waals surface area contributed by atoms with Gasteiger partial charge >= 0.3 is 0 Å². The largest absolute Gasteiger partial charge is 0.207 e. The second-order valence-corrected chi connectivity index (χ2v) is 8.22. The van der Waals surface area contributed by atoms with Crippen LogP contribution >= 0.6 is 0 Å². The van der Waals surface area contributed by atoms with Gasteiger partial charge in [0, 0.05) is 11.1 Å². The molecule has 4 atom stereocenters. The summed E-state index contributed by atoms with van der Waals surface area (Å²) in [6, 6.07) is 15.1. The van der Waals surface area contributed by atoms with Gasteiger partial charge in [-0.3, -0.25) is 0 Å². The van der Waals surface area contributed by atoms with Crippen molar-refractivity contribution in [3.05, 3.63) is 83.7 Å². The molecule has 0 saturated heterocycles. The third-order valence-electron chi connectivity index (χ3n) is 6.56. The molecule has 2 aliphatic carbocycles. The molecule has 0 spiro atoms. The van der Waals surface area contributed by atoms with Crippen molar-refractivity contribution < 1.29 is 4.39 Å². The third kappa shape index (κ3) is 4.33. The quantitative estimate of drug-likeness (QED) is 0.413. The highest BCUT2D eigenvalue weighted by atomic mass is 19.1. The Hall–Kier alpha value is -2.33. The molecule has 2 fully saturated rings. The summed E-state index contributed by atoms with van der Waals surface area (Å²) in [7, 11) is 0. The maximum absolute atomic E-state index is 13.0. The first kappa shape index (κ1) is 18.1. The van der Waals surface area contributed by atoms with Crippen LogP contribution in [0.25, 0.3) is 0 Å². The van der Waals surface area contributed by atoms with E-state index in [-0.39, 0.29) is 5.82 Å². The monoisotopic (exact) mass is 358 g/mol. The first-order chi connectivity index (χ1) is 13.2. The number of benzene rings is 2. The van der Waals surface area contributed by atoms with E-state index < -0.39 is 0 Å². The minimum Gasteiger partial charge on any atom is -0.207 e. The number of allylic oxidation sites excluding steroid dienone is 1. The zero-order chi connectivity index (χ0) is 18.6. The first-order valence-corrected chi connectivity index (χ1v) is 10.2. The average molecular weight is 359 g/mol. The zero-order valence-corrected chi connectivity index (χ0v) is 15.8. The first-order valence-electron chi connectivity index (χ1n) is 10.2. The molecule has 4 unspecified atom stereocenters. The van der Waals surface area contributed by atoms with Crippen molar-refractivity contribution in [2.24, 2.45) is 17.8 Å². The van der Waals surface area contributed by atoms with Gasteiger partial charge in [-0.2, -0.15) is 0 Å². The predicted octanol–water partition coefficient (Wildman–Crippen LogP) is 6.71. The number of hydrogen-bond donors (Lipinski definition) is 0. The van der Waals surface area contributed by atoms with E-state index in [1.54, 1.807) is 12.1 Å². The molecule has 0 N–H and O–H groups in total. The van der Waals surface area contributed by atoms with Gasteiger partial charge in [0.25, 0.3) is 0 Å². The highest BCUT2D eigenvalue weighted by Gasteiger charge is 2.35. The lowest BCUT2D eigenvalue weighted by Gasteiger charge is -2.41. The maximum Gasteiger partial charge on any atom is 0.123 e. The van der Waals surface area contributed by atoms with Crippen molar-refractivity contribution >= 4 is 0 Å². The molecule has 2 aromatic rings. The van der Waals surface area contributed by atoms with Crippen molar-refractivity contribution in [3.8, 4) is 11.8 Å². The third-order valence-corrected chi connectivity index (χ3v) is 6.56. The average Bonchev–Trinajstić information content (AvgIpc) is 2.73. The lowest BCUT2D eigenvalue weighted by Crippen LogP contribution is -2.29. The molecular formula is C26H27F. The summed E-state index contributed by atoms with van der Waals surface area (Å²) in [4.78, 5) is 0. The normalized spacial score (nSPS) is 27.1. The molecule has 0 bridgehead atoms. The van der Waals surface area contributed by atoms with Crippen LogP contribution in [0.3, 0.4) is 0 Å². The lowest BCUT2D eigenvalue weighted by atomic mass is 9.64. The highest BCUT2D eigenvalue weighted by Crippen LogP contribution is 2.47. The molecule has 0 heterocycles. The van der Waals surface area contributed by atoms with E-state index in [0.29, 0.717) is 5.92 Å². The Labute approximate surface area is 162 Å². The van der Waals surface area contributed by atoms with Gasteiger partial charge in [-0.05, 0) is 104 Å². The van der Waals surface area contributed by atoms with E-state index in [1.165, 1.54) is 56.2 Å². The molecule has 0 nitrogen and oxygen atoms in total. The van der Waals surface area contributed by atoms with E-state index in [1.807, 2.05) is 0 Å². The second kappa shape index (κ2) is 8.13. The summed E-state index contributed by atoms with van der Waals surface area (Å²) in [6.45, 7) is 4.00. The topological polar surface area (TPSA) is 0 Å². The van der Waals surface area contributed by atoms with Crippen molar-refractivity contribution in [3.63, 3.8) is 0 Å². The van der Waals surface area contributed by atoms with Crippen LogP contribution in [0.15, 0.2) is 61.2 Å². The van der Waals surface area contributed by atoms with Crippen LogP contribution in [0.1, 0.15) is 61.1 Å². The van der Waals surface area contributed by atoms with E-state index in [4.69, 9.17) is 0 Å². The molecule has 138 valence electrons. The zero-order valence-electron chi connectivity index (χ0n) is 15.8. The minimum atomic E-state index is -0.224. The standard InChI is InChI=1S/C26H27F/c1-2-19-5-12-25-18-24(14-13-23(25)17-19)22-10-6-20(7-11-22)3-4-21-8-15-26(27)16-9-21/h2,6-11,15-16,19,23-25H,1,5,12-14,17-18H2. The summed E-state index contributed by atoms with van der Waals surface area (Å²) in [6.07, 6.45) is 10.3. The van der Waals surface area contributed by atoms with E-state index in [2.05, 4.69) is 48.8 Å². The highest BCUT2D eigenvalue weighted by molar-refractivity contribution is 5.43. The predicted molar refractivity (Wildman–Crippen MR) is 110 cm³/mol. The molecule has 2 aliphatic rings. The number of halogens is 1. The molecule has 1 heteroatoms. The molecule has 2 aromatic carbocycles. The summed E-state index contributed by atoms with van der Waals surface area (Å²) >= 11 is 0. The van der Waals surface area contributed by atoms with Crippen LogP contribution in [0.4, 0.5) is 4.39 Å². The Bertz CT molecular complexity index is 835.